The Kier molecular flexibility index (Phi) is 4.68. The average molecular weight is 300 g/mol. The van der Waals surface area contributed by atoms with Crippen molar-refractivity contribution in [2.24, 2.45) is 0 Å². The normalized spacial score (nSPS) is 11.1. The second kappa shape index (κ2) is 6.67. The molecule has 5 heteroatoms. The zero-order valence-electron chi connectivity index (χ0n) is 12.2. The standard InChI is InChI=1S/C17H16O5/c1-21-15-7-6-11(9-16(15)22-2)8-14(17(19)20)12-4-3-5-13(18)10-12/h3-10,18H,1-2H3,(H,19,20)/b14-8-. The fourth-order valence-electron chi connectivity index (χ4n) is 2.05. The topological polar surface area (TPSA) is 76.0 Å². The Morgan fingerprint density at radius 3 is 2.36 bits per heavy atom. The van der Waals surface area contributed by atoms with Crippen molar-refractivity contribution in [2.75, 3.05) is 14.2 Å². The van der Waals surface area contributed by atoms with E-state index in [1.807, 2.05) is 0 Å². The molecular formula is C17H16O5. The van der Waals surface area contributed by atoms with Crippen LogP contribution in [0.3, 0.4) is 0 Å². The minimum atomic E-state index is -1.08. The molecule has 2 N–H and O–H groups in total. The number of hydrogen-bond donors (Lipinski definition) is 2. The third kappa shape index (κ3) is 3.38. The summed E-state index contributed by atoms with van der Waals surface area (Å²) < 4.78 is 10.4. The number of carbonyl (C=O) groups is 1. The third-order valence-corrected chi connectivity index (χ3v) is 3.11. The van der Waals surface area contributed by atoms with Gasteiger partial charge in [-0.15, -0.1) is 0 Å². The fraction of sp³-hybridized carbons (Fsp3) is 0.118. The van der Waals surface area contributed by atoms with Crippen molar-refractivity contribution in [2.45, 2.75) is 0 Å². The van der Waals surface area contributed by atoms with Gasteiger partial charge in [-0.3, -0.25) is 0 Å². The molecule has 0 aromatic heterocycles. The molecule has 2 rings (SSSR count). The summed E-state index contributed by atoms with van der Waals surface area (Å²) >= 11 is 0. The monoisotopic (exact) mass is 300 g/mol. The Morgan fingerprint density at radius 2 is 1.77 bits per heavy atom. The van der Waals surface area contributed by atoms with Crippen molar-refractivity contribution in [3.63, 3.8) is 0 Å². The van der Waals surface area contributed by atoms with Gasteiger partial charge in [-0.05, 0) is 41.5 Å². The number of phenolic OH excluding ortho intramolecular Hbond substituents is 1. The number of carboxylic acids is 1. The first-order chi connectivity index (χ1) is 10.5. The van der Waals surface area contributed by atoms with Crippen LogP contribution in [-0.2, 0) is 4.79 Å². The lowest BCUT2D eigenvalue weighted by molar-refractivity contribution is -0.130. The summed E-state index contributed by atoms with van der Waals surface area (Å²) in [5.74, 6) is 0.00289. The Balaban J connectivity index is 2.49. The lowest BCUT2D eigenvalue weighted by atomic mass is 10.0. The number of ether oxygens (including phenoxy) is 2. The number of hydrogen-bond acceptors (Lipinski definition) is 4. The third-order valence-electron chi connectivity index (χ3n) is 3.11. The van der Waals surface area contributed by atoms with Crippen molar-refractivity contribution < 1.29 is 24.5 Å². The minimum Gasteiger partial charge on any atom is -0.508 e. The summed E-state index contributed by atoms with van der Waals surface area (Å²) in [6, 6.07) is 11.2. The van der Waals surface area contributed by atoms with E-state index in [1.165, 1.54) is 32.4 Å². The van der Waals surface area contributed by atoms with Crippen molar-refractivity contribution >= 4 is 17.6 Å². The summed E-state index contributed by atoms with van der Waals surface area (Å²) in [6.45, 7) is 0. The van der Waals surface area contributed by atoms with Gasteiger partial charge in [0.25, 0.3) is 0 Å². The number of rotatable bonds is 5. The molecule has 0 spiro atoms. The van der Waals surface area contributed by atoms with Crippen LogP contribution in [0.25, 0.3) is 11.6 Å². The van der Waals surface area contributed by atoms with Crippen molar-refractivity contribution in [1.82, 2.24) is 0 Å². The molecule has 0 aliphatic heterocycles. The minimum absolute atomic E-state index is 0.0111. The predicted molar refractivity (Wildman–Crippen MR) is 83.2 cm³/mol. The molecule has 0 saturated heterocycles. The molecule has 2 aromatic carbocycles. The molecule has 0 atom stereocenters. The van der Waals surface area contributed by atoms with E-state index >= 15 is 0 Å². The van der Waals surface area contributed by atoms with E-state index in [4.69, 9.17) is 9.47 Å². The van der Waals surface area contributed by atoms with Crippen molar-refractivity contribution in [1.29, 1.82) is 0 Å². The Labute approximate surface area is 128 Å². The number of carboxylic acid groups (broad SMARTS) is 1. The number of methoxy groups -OCH3 is 2. The lowest BCUT2D eigenvalue weighted by Crippen LogP contribution is -1.99. The summed E-state index contributed by atoms with van der Waals surface area (Å²) in [4.78, 5) is 11.5. The molecular weight excluding hydrogens is 284 g/mol. The Hall–Kier alpha value is -2.95. The Bertz CT molecular complexity index is 719. The highest BCUT2D eigenvalue weighted by Crippen LogP contribution is 2.30. The maximum Gasteiger partial charge on any atom is 0.336 e. The molecule has 0 heterocycles. The van der Waals surface area contributed by atoms with Gasteiger partial charge in [-0.1, -0.05) is 18.2 Å². The zero-order chi connectivity index (χ0) is 16.1. The van der Waals surface area contributed by atoms with Gasteiger partial charge < -0.3 is 19.7 Å². The zero-order valence-corrected chi connectivity index (χ0v) is 12.2. The summed E-state index contributed by atoms with van der Waals surface area (Å²) in [7, 11) is 3.04. The second-order valence-electron chi connectivity index (χ2n) is 4.53. The van der Waals surface area contributed by atoms with Gasteiger partial charge in [0.2, 0.25) is 0 Å². The van der Waals surface area contributed by atoms with E-state index in [0.717, 1.165) is 0 Å². The van der Waals surface area contributed by atoms with Crippen LogP contribution in [0.4, 0.5) is 0 Å². The summed E-state index contributed by atoms with van der Waals surface area (Å²) in [6.07, 6.45) is 1.51. The SMILES string of the molecule is COc1ccc(/C=C(\C(=O)O)c2cccc(O)c2)cc1OC. The van der Waals surface area contributed by atoms with E-state index in [9.17, 15) is 15.0 Å². The van der Waals surface area contributed by atoms with Crippen LogP contribution < -0.4 is 9.47 Å². The van der Waals surface area contributed by atoms with E-state index in [1.54, 1.807) is 30.3 Å². The van der Waals surface area contributed by atoms with Gasteiger partial charge in [0.05, 0.1) is 19.8 Å². The molecule has 0 radical (unpaired) electrons. The van der Waals surface area contributed by atoms with E-state index in [2.05, 4.69) is 0 Å². The average Bonchev–Trinajstić information content (AvgIpc) is 2.52. The first-order valence-electron chi connectivity index (χ1n) is 6.51. The highest BCUT2D eigenvalue weighted by atomic mass is 16.5. The van der Waals surface area contributed by atoms with Gasteiger partial charge in [-0.2, -0.15) is 0 Å². The van der Waals surface area contributed by atoms with Crippen LogP contribution in [0.2, 0.25) is 0 Å². The van der Waals surface area contributed by atoms with Crippen LogP contribution in [0.1, 0.15) is 11.1 Å². The van der Waals surface area contributed by atoms with Gasteiger partial charge in [-0.25, -0.2) is 4.79 Å². The highest BCUT2D eigenvalue weighted by molar-refractivity contribution is 6.20. The maximum absolute atomic E-state index is 11.5. The lowest BCUT2D eigenvalue weighted by Gasteiger charge is -2.09. The van der Waals surface area contributed by atoms with E-state index in [-0.39, 0.29) is 11.3 Å². The molecule has 114 valence electrons. The van der Waals surface area contributed by atoms with Crippen LogP contribution in [0.15, 0.2) is 42.5 Å². The molecule has 0 unspecified atom stereocenters. The molecule has 2 aromatic rings. The number of phenols is 1. The molecule has 0 aliphatic rings. The molecule has 0 fully saturated rings. The molecule has 0 aliphatic carbocycles. The van der Waals surface area contributed by atoms with Crippen LogP contribution in [0.5, 0.6) is 17.2 Å². The number of aliphatic carboxylic acids is 1. The van der Waals surface area contributed by atoms with Crippen molar-refractivity contribution in [3.05, 3.63) is 53.6 Å². The molecule has 22 heavy (non-hydrogen) atoms. The quantitative estimate of drug-likeness (QED) is 0.655. The molecule has 0 saturated carbocycles. The van der Waals surface area contributed by atoms with Crippen molar-refractivity contribution in [3.8, 4) is 17.2 Å². The number of benzene rings is 2. The second-order valence-corrected chi connectivity index (χ2v) is 4.53. The van der Waals surface area contributed by atoms with Gasteiger partial charge in [0.15, 0.2) is 11.5 Å². The van der Waals surface area contributed by atoms with Gasteiger partial charge in [0, 0.05) is 0 Å². The number of aromatic hydroxyl groups is 1. The maximum atomic E-state index is 11.5. The van der Waals surface area contributed by atoms with Gasteiger partial charge >= 0.3 is 5.97 Å². The Morgan fingerprint density at radius 1 is 1.05 bits per heavy atom. The smallest absolute Gasteiger partial charge is 0.336 e. The van der Waals surface area contributed by atoms with Crippen LogP contribution in [-0.4, -0.2) is 30.4 Å². The van der Waals surface area contributed by atoms with Crippen LogP contribution >= 0.6 is 0 Å². The summed E-state index contributed by atoms with van der Waals surface area (Å²) in [5, 5.41) is 18.9. The van der Waals surface area contributed by atoms with Gasteiger partial charge in [0.1, 0.15) is 5.75 Å². The molecule has 5 nitrogen and oxygen atoms in total. The van der Waals surface area contributed by atoms with E-state index in [0.29, 0.717) is 22.6 Å². The predicted octanol–water partition coefficient (Wildman–Crippen LogP) is 3.03. The summed E-state index contributed by atoms with van der Waals surface area (Å²) in [5.41, 5.74) is 1.14. The molecule has 0 bridgehead atoms. The highest BCUT2D eigenvalue weighted by Gasteiger charge is 2.12. The molecule has 0 amide bonds. The largest absolute Gasteiger partial charge is 0.508 e. The van der Waals surface area contributed by atoms with Crippen LogP contribution in [0, 0.1) is 0 Å². The first-order valence-corrected chi connectivity index (χ1v) is 6.51. The van der Waals surface area contributed by atoms with E-state index < -0.39 is 5.97 Å². The fourth-order valence-corrected chi connectivity index (χ4v) is 2.05. The first kappa shape index (κ1) is 15.4.